The predicted molar refractivity (Wildman–Crippen MR) is 69.7 cm³/mol. The van der Waals surface area contributed by atoms with Gasteiger partial charge in [0.1, 0.15) is 5.69 Å². The standard InChI is InChI=1S/C12H16BrN3O/c1-9(2)16-8-10(13)7-11(16)12(17)15(3)6-4-5-14/h7-9H,4,6H2,1-3H3. The fourth-order valence-electron chi connectivity index (χ4n) is 1.56. The molecule has 1 amide bonds. The maximum Gasteiger partial charge on any atom is 0.270 e. The lowest BCUT2D eigenvalue weighted by Crippen LogP contribution is -2.29. The van der Waals surface area contributed by atoms with Crippen molar-refractivity contribution in [3.63, 3.8) is 0 Å². The van der Waals surface area contributed by atoms with Crippen molar-refractivity contribution in [2.24, 2.45) is 0 Å². The SMILES string of the molecule is CC(C)n1cc(Br)cc1C(=O)N(C)CCC#N. The Morgan fingerprint density at radius 3 is 2.82 bits per heavy atom. The number of nitriles is 1. The molecule has 17 heavy (non-hydrogen) atoms. The van der Waals surface area contributed by atoms with Crippen LogP contribution < -0.4 is 0 Å². The Labute approximate surface area is 110 Å². The summed E-state index contributed by atoms with van der Waals surface area (Å²) in [7, 11) is 1.71. The van der Waals surface area contributed by atoms with Crippen molar-refractivity contribution in [2.75, 3.05) is 13.6 Å². The lowest BCUT2D eigenvalue weighted by molar-refractivity contribution is 0.0785. The van der Waals surface area contributed by atoms with Crippen LogP contribution in [-0.2, 0) is 0 Å². The van der Waals surface area contributed by atoms with E-state index in [0.29, 0.717) is 18.7 Å². The van der Waals surface area contributed by atoms with Gasteiger partial charge in [-0.15, -0.1) is 0 Å². The van der Waals surface area contributed by atoms with Crippen molar-refractivity contribution >= 4 is 21.8 Å². The molecular formula is C12H16BrN3O. The molecule has 0 bridgehead atoms. The number of aromatic nitrogens is 1. The number of halogens is 1. The van der Waals surface area contributed by atoms with Gasteiger partial charge in [0.2, 0.25) is 0 Å². The molecule has 4 nitrogen and oxygen atoms in total. The quantitative estimate of drug-likeness (QED) is 0.858. The highest BCUT2D eigenvalue weighted by Gasteiger charge is 2.18. The van der Waals surface area contributed by atoms with Crippen LogP contribution in [0.5, 0.6) is 0 Å². The lowest BCUT2D eigenvalue weighted by Gasteiger charge is -2.18. The molecule has 0 saturated heterocycles. The zero-order valence-electron chi connectivity index (χ0n) is 10.3. The van der Waals surface area contributed by atoms with Crippen LogP contribution >= 0.6 is 15.9 Å². The number of carbonyl (C=O) groups excluding carboxylic acids is 1. The Kier molecular flexibility index (Phi) is 4.76. The molecular weight excluding hydrogens is 282 g/mol. The van der Waals surface area contributed by atoms with Gasteiger partial charge in [0.15, 0.2) is 0 Å². The second-order valence-corrected chi connectivity index (χ2v) is 5.10. The molecule has 5 heteroatoms. The fourth-order valence-corrected chi connectivity index (χ4v) is 2.00. The van der Waals surface area contributed by atoms with E-state index in [1.54, 1.807) is 11.9 Å². The van der Waals surface area contributed by atoms with Gasteiger partial charge < -0.3 is 9.47 Å². The van der Waals surface area contributed by atoms with Crippen LogP contribution in [-0.4, -0.2) is 29.0 Å². The van der Waals surface area contributed by atoms with Gasteiger partial charge in [0.05, 0.1) is 12.5 Å². The molecule has 0 unspecified atom stereocenters. The Morgan fingerprint density at radius 2 is 2.29 bits per heavy atom. The van der Waals surface area contributed by atoms with Crippen LogP contribution in [0.15, 0.2) is 16.7 Å². The minimum absolute atomic E-state index is 0.0559. The Hall–Kier alpha value is -1.28. The first kappa shape index (κ1) is 13.8. The number of hydrogen-bond acceptors (Lipinski definition) is 2. The second-order valence-electron chi connectivity index (χ2n) is 4.18. The van der Waals surface area contributed by atoms with Crippen molar-refractivity contribution in [1.82, 2.24) is 9.47 Å². The molecule has 0 fully saturated rings. The van der Waals surface area contributed by atoms with Crippen molar-refractivity contribution in [1.29, 1.82) is 5.26 Å². The largest absolute Gasteiger partial charge is 0.340 e. The first-order valence-corrected chi connectivity index (χ1v) is 6.26. The van der Waals surface area contributed by atoms with Gasteiger partial charge in [0, 0.05) is 30.3 Å². The summed E-state index contributed by atoms with van der Waals surface area (Å²) in [5, 5.41) is 8.51. The molecule has 92 valence electrons. The van der Waals surface area contributed by atoms with E-state index >= 15 is 0 Å². The van der Waals surface area contributed by atoms with Crippen LogP contribution in [0.1, 0.15) is 36.8 Å². The molecule has 0 aliphatic rings. The third-order valence-electron chi connectivity index (χ3n) is 2.50. The summed E-state index contributed by atoms with van der Waals surface area (Å²) >= 11 is 3.38. The van der Waals surface area contributed by atoms with Gasteiger partial charge in [-0.2, -0.15) is 5.26 Å². The van der Waals surface area contributed by atoms with E-state index in [2.05, 4.69) is 15.9 Å². The van der Waals surface area contributed by atoms with Crippen molar-refractivity contribution in [2.45, 2.75) is 26.3 Å². The lowest BCUT2D eigenvalue weighted by atomic mass is 10.3. The monoisotopic (exact) mass is 297 g/mol. The third kappa shape index (κ3) is 3.34. The highest BCUT2D eigenvalue weighted by atomic mass is 79.9. The molecule has 1 aromatic rings. The molecule has 1 heterocycles. The number of nitrogens with zero attached hydrogens (tertiary/aromatic N) is 3. The van der Waals surface area contributed by atoms with Gasteiger partial charge in [-0.05, 0) is 35.8 Å². The van der Waals surface area contributed by atoms with Gasteiger partial charge in [0.25, 0.3) is 5.91 Å². The topological polar surface area (TPSA) is 49.0 Å². The predicted octanol–water partition coefficient (Wildman–Crippen LogP) is 2.82. The summed E-state index contributed by atoms with van der Waals surface area (Å²) in [5.74, 6) is -0.0559. The van der Waals surface area contributed by atoms with Crippen LogP contribution in [0, 0.1) is 11.3 Å². The van der Waals surface area contributed by atoms with Gasteiger partial charge in [-0.25, -0.2) is 0 Å². The summed E-state index contributed by atoms with van der Waals surface area (Å²) in [4.78, 5) is 13.7. The minimum Gasteiger partial charge on any atom is -0.340 e. The molecule has 0 aliphatic carbocycles. The number of carbonyl (C=O) groups is 1. The Balaban J connectivity index is 2.92. The van der Waals surface area contributed by atoms with E-state index in [1.807, 2.05) is 36.7 Å². The van der Waals surface area contributed by atoms with Gasteiger partial charge in [-0.1, -0.05) is 0 Å². The fraction of sp³-hybridized carbons (Fsp3) is 0.500. The highest BCUT2D eigenvalue weighted by Crippen LogP contribution is 2.20. The van der Waals surface area contributed by atoms with E-state index in [4.69, 9.17) is 5.26 Å². The Bertz CT molecular complexity index is 445. The average Bonchev–Trinajstić information content (AvgIpc) is 2.67. The van der Waals surface area contributed by atoms with E-state index in [0.717, 1.165) is 4.47 Å². The number of rotatable bonds is 4. The zero-order valence-corrected chi connectivity index (χ0v) is 11.9. The van der Waals surface area contributed by atoms with E-state index in [1.165, 1.54) is 0 Å². The summed E-state index contributed by atoms with van der Waals surface area (Å²) in [5.41, 5.74) is 0.646. The van der Waals surface area contributed by atoms with Crippen LogP contribution in [0.25, 0.3) is 0 Å². The van der Waals surface area contributed by atoms with E-state index in [9.17, 15) is 4.79 Å². The summed E-state index contributed by atoms with van der Waals surface area (Å²) in [6, 6.07) is 4.07. The first-order chi connectivity index (χ1) is 7.97. The van der Waals surface area contributed by atoms with E-state index in [-0.39, 0.29) is 11.9 Å². The second kappa shape index (κ2) is 5.87. The van der Waals surface area contributed by atoms with Crippen LogP contribution in [0.2, 0.25) is 0 Å². The maximum atomic E-state index is 12.2. The first-order valence-electron chi connectivity index (χ1n) is 5.47. The summed E-state index contributed by atoms with van der Waals surface area (Å²) < 4.78 is 2.82. The number of hydrogen-bond donors (Lipinski definition) is 0. The Morgan fingerprint density at radius 1 is 1.65 bits per heavy atom. The van der Waals surface area contributed by atoms with Crippen molar-refractivity contribution in [3.05, 3.63) is 22.4 Å². The number of amides is 1. The normalized spacial score (nSPS) is 10.4. The molecule has 0 saturated carbocycles. The molecule has 1 rings (SSSR count). The molecule has 0 aromatic carbocycles. The highest BCUT2D eigenvalue weighted by molar-refractivity contribution is 9.10. The molecule has 0 aliphatic heterocycles. The van der Waals surface area contributed by atoms with Crippen molar-refractivity contribution in [3.8, 4) is 6.07 Å². The van der Waals surface area contributed by atoms with Crippen LogP contribution in [0.3, 0.4) is 0 Å². The minimum atomic E-state index is -0.0559. The molecule has 0 N–H and O–H groups in total. The zero-order chi connectivity index (χ0) is 13.0. The summed E-state index contributed by atoms with van der Waals surface area (Å²) in [6.45, 7) is 4.51. The maximum absolute atomic E-state index is 12.2. The van der Waals surface area contributed by atoms with E-state index < -0.39 is 0 Å². The molecule has 0 atom stereocenters. The van der Waals surface area contributed by atoms with Gasteiger partial charge >= 0.3 is 0 Å². The molecule has 1 aromatic heterocycles. The third-order valence-corrected chi connectivity index (χ3v) is 2.93. The smallest absolute Gasteiger partial charge is 0.270 e. The summed E-state index contributed by atoms with van der Waals surface area (Å²) in [6.07, 6.45) is 2.25. The molecule has 0 spiro atoms. The average molecular weight is 298 g/mol. The molecule has 0 radical (unpaired) electrons. The van der Waals surface area contributed by atoms with Crippen LogP contribution in [0.4, 0.5) is 0 Å². The van der Waals surface area contributed by atoms with Crippen molar-refractivity contribution < 1.29 is 4.79 Å². The van der Waals surface area contributed by atoms with Gasteiger partial charge in [-0.3, -0.25) is 4.79 Å².